The predicted octanol–water partition coefficient (Wildman–Crippen LogP) is 0.514. The molecule has 1 aliphatic heterocycles. The minimum absolute atomic E-state index is 0.101. The smallest absolute Gasteiger partial charge is 0.128 e. The number of pyridine rings is 1. The highest BCUT2D eigenvalue weighted by atomic mass is 16.5. The van der Waals surface area contributed by atoms with E-state index in [1.54, 1.807) is 20.4 Å². The molecule has 0 bridgehead atoms. The van der Waals surface area contributed by atoms with Gasteiger partial charge < -0.3 is 20.1 Å². The third-order valence-corrected chi connectivity index (χ3v) is 2.92. The molecule has 2 heterocycles. The standard InChI is InChI=1S/C11H17N3O2/c1-15-9-6-14(7-10(9)16-2)11-4-3-8(12)5-13-11/h3-5,9-10H,6-7,12H2,1-2H3. The van der Waals surface area contributed by atoms with Gasteiger partial charge in [-0.2, -0.15) is 0 Å². The molecule has 16 heavy (non-hydrogen) atoms. The highest BCUT2D eigenvalue weighted by Crippen LogP contribution is 2.21. The zero-order valence-corrected chi connectivity index (χ0v) is 9.59. The molecule has 5 nitrogen and oxygen atoms in total. The maximum Gasteiger partial charge on any atom is 0.128 e. The largest absolute Gasteiger partial charge is 0.397 e. The Labute approximate surface area is 95.2 Å². The summed E-state index contributed by atoms with van der Waals surface area (Å²) in [5.41, 5.74) is 6.28. The molecule has 0 spiro atoms. The van der Waals surface area contributed by atoms with E-state index in [0.717, 1.165) is 18.9 Å². The molecule has 0 saturated carbocycles. The molecule has 2 rings (SSSR count). The molecule has 0 amide bonds. The molecule has 2 unspecified atom stereocenters. The van der Waals surface area contributed by atoms with E-state index >= 15 is 0 Å². The van der Waals surface area contributed by atoms with Crippen molar-refractivity contribution in [3.05, 3.63) is 18.3 Å². The van der Waals surface area contributed by atoms with Crippen LogP contribution in [0.3, 0.4) is 0 Å². The molecular weight excluding hydrogens is 206 g/mol. The van der Waals surface area contributed by atoms with Crippen LogP contribution in [0.25, 0.3) is 0 Å². The lowest BCUT2D eigenvalue weighted by atomic mass is 10.3. The van der Waals surface area contributed by atoms with E-state index in [4.69, 9.17) is 15.2 Å². The van der Waals surface area contributed by atoms with Gasteiger partial charge in [0.05, 0.1) is 11.9 Å². The maximum absolute atomic E-state index is 5.60. The Morgan fingerprint density at radius 1 is 1.25 bits per heavy atom. The fourth-order valence-electron chi connectivity index (χ4n) is 1.97. The van der Waals surface area contributed by atoms with E-state index in [0.29, 0.717) is 5.69 Å². The topological polar surface area (TPSA) is 60.6 Å². The summed E-state index contributed by atoms with van der Waals surface area (Å²) in [6.45, 7) is 1.60. The summed E-state index contributed by atoms with van der Waals surface area (Å²) >= 11 is 0. The van der Waals surface area contributed by atoms with Crippen molar-refractivity contribution in [2.45, 2.75) is 12.2 Å². The van der Waals surface area contributed by atoms with Gasteiger partial charge in [0, 0.05) is 27.3 Å². The summed E-state index contributed by atoms with van der Waals surface area (Å²) in [6.07, 6.45) is 1.87. The average molecular weight is 223 g/mol. The van der Waals surface area contributed by atoms with Gasteiger partial charge in [-0.1, -0.05) is 0 Å². The lowest BCUT2D eigenvalue weighted by Gasteiger charge is -2.16. The third kappa shape index (κ3) is 2.10. The van der Waals surface area contributed by atoms with Crippen LogP contribution in [0.4, 0.5) is 11.5 Å². The number of ether oxygens (including phenoxy) is 2. The molecular formula is C11H17N3O2. The molecule has 2 N–H and O–H groups in total. The lowest BCUT2D eigenvalue weighted by molar-refractivity contribution is -0.00461. The molecule has 1 saturated heterocycles. The van der Waals surface area contributed by atoms with Gasteiger partial charge in [-0.25, -0.2) is 4.98 Å². The number of aromatic nitrogens is 1. The SMILES string of the molecule is COC1CN(c2ccc(N)cn2)CC1OC. The van der Waals surface area contributed by atoms with Crippen molar-refractivity contribution in [1.29, 1.82) is 0 Å². The second kappa shape index (κ2) is 4.67. The first-order valence-electron chi connectivity index (χ1n) is 5.26. The Morgan fingerprint density at radius 3 is 2.31 bits per heavy atom. The van der Waals surface area contributed by atoms with E-state index in [1.165, 1.54) is 0 Å². The number of anilines is 2. The molecule has 0 radical (unpaired) electrons. The van der Waals surface area contributed by atoms with Crippen molar-refractivity contribution in [2.75, 3.05) is 37.9 Å². The van der Waals surface area contributed by atoms with Crippen molar-refractivity contribution in [3.8, 4) is 0 Å². The molecule has 1 aromatic rings. The second-order valence-electron chi connectivity index (χ2n) is 3.90. The minimum Gasteiger partial charge on any atom is -0.397 e. The Kier molecular flexibility index (Phi) is 3.26. The summed E-state index contributed by atoms with van der Waals surface area (Å²) < 4.78 is 10.7. The molecule has 0 aromatic carbocycles. The number of methoxy groups -OCH3 is 2. The van der Waals surface area contributed by atoms with Crippen molar-refractivity contribution < 1.29 is 9.47 Å². The maximum atomic E-state index is 5.60. The molecule has 1 fully saturated rings. The summed E-state index contributed by atoms with van der Waals surface area (Å²) in [5, 5.41) is 0. The van der Waals surface area contributed by atoms with Gasteiger partial charge in [-0.3, -0.25) is 0 Å². The number of hydrogen-bond acceptors (Lipinski definition) is 5. The van der Waals surface area contributed by atoms with E-state index in [2.05, 4.69) is 9.88 Å². The van der Waals surface area contributed by atoms with Crippen molar-refractivity contribution in [2.24, 2.45) is 0 Å². The Morgan fingerprint density at radius 2 is 1.88 bits per heavy atom. The van der Waals surface area contributed by atoms with E-state index in [1.807, 2.05) is 12.1 Å². The number of nitrogens with zero attached hydrogens (tertiary/aromatic N) is 2. The zero-order valence-electron chi connectivity index (χ0n) is 9.59. The van der Waals surface area contributed by atoms with Crippen molar-refractivity contribution in [1.82, 2.24) is 4.98 Å². The fraction of sp³-hybridized carbons (Fsp3) is 0.545. The summed E-state index contributed by atoms with van der Waals surface area (Å²) in [7, 11) is 3.41. The van der Waals surface area contributed by atoms with Crippen molar-refractivity contribution >= 4 is 11.5 Å². The molecule has 1 aromatic heterocycles. The van der Waals surface area contributed by atoms with Gasteiger partial charge in [0.2, 0.25) is 0 Å². The highest BCUT2D eigenvalue weighted by Gasteiger charge is 2.33. The Hall–Kier alpha value is -1.33. The normalized spacial score (nSPS) is 25.0. The summed E-state index contributed by atoms with van der Waals surface area (Å²) in [6, 6.07) is 3.77. The first kappa shape index (κ1) is 11.2. The second-order valence-corrected chi connectivity index (χ2v) is 3.90. The molecule has 2 atom stereocenters. The zero-order chi connectivity index (χ0) is 11.5. The van der Waals surface area contributed by atoms with Crippen LogP contribution in [-0.4, -0.2) is 44.5 Å². The van der Waals surface area contributed by atoms with Crippen LogP contribution in [0.5, 0.6) is 0 Å². The van der Waals surface area contributed by atoms with Crippen LogP contribution >= 0.6 is 0 Å². The van der Waals surface area contributed by atoms with Gasteiger partial charge >= 0.3 is 0 Å². The number of nitrogen functional groups attached to an aromatic ring is 1. The molecule has 88 valence electrons. The monoisotopic (exact) mass is 223 g/mol. The van der Waals surface area contributed by atoms with Crippen LogP contribution in [0.15, 0.2) is 18.3 Å². The molecule has 0 aliphatic carbocycles. The lowest BCUT2D eigenvalue weighted by Crippen LogP contribution is -2.27. The number of hydrogen-bond donors (Lipinski definition) is 1. The van der Waals surface area contributed by atoms with Gasteiger partial charge in [-0.15, -0.1) is 0 Å². The molecule has 5 heteroatoms. The van der Waals surface area contributed by atoms with Crippen LogP contribution in [0, 0.1) is 0 Å². The average Bonchev–Trinajstić information content (AvgIpc) is 2.73. The summed E-state index contributed by atoms with van der Waals surface area (Å²) in [4.78, 5) is 6.43. The first-order valence-corrected chi connectivity index (χ1v) is 5.26. The highest BCUT2D eigenvalue weighted by molar-refractivity contribution is 5.46. The predicted molar refractivity (Wildman–Crippen MR) is 62.5 cm³/mol. The van der Waals surface area contributed by atoms with E-state index < -0.39 is 0 Å². The summed E-state index contributed by atoms with van der Waals surface area (Å²) in [5.74, 6) is 0.913. The Balaban J connectivity index is 2.09. The van der Waals surface area contributed by atoms with Gasteiger partial charge in [-0.05, 0) is 12.1 Å². The number of nitrogens with two attached hydrogens (primary N) is 1. The van der Waals surface area contributed by atoms with Crippen LogP contribution in [0.2, 0.25) is 0 Å². The first-order chi connectivity index (χ1) is 7.74. The number of rotatable bonds is 3. The van der Waals surface area contributed by atoms with Gasteiger partial charge in [0.25, 0.3) is 0 Å². The quantitative estimate of drug-likeness (QED) is 0.809. The Bertz CT molecular complexity index is 330. The van der Waals surface area contributed by atoms with Crippen LogP contribution < -0.4 is 10.6 Å². The fourth-order valence-corrected chi connectivity index (χ4v) is 1.97. The van der Waals surface area contributed by atoms with Crippen LogP contribution in [-0.2, 0) is 9.47 Å². The van der Waals surface area contributed by atoms with Gasteiger partial charge in [0.1, 0.15) is 18.0 Å². The van der Waals surface area contributed by atoms with Crippen molar-refractivity contribution in [3.63, 3.8) is 0 Å². The third-order valence-electron chi connectivity index (χ3n) is 2.92. The van der Waals surface area contributed by atoms with E-state index in [9.17, 15) is 0 Å². The van der Waals surface area contributed by atoms with Crippen LogP contribution in [0.1, 0.15) is 0 Å². The molecule has 1 aliphatic rings. The van der Waals surface area contributed by atoms with E-state index in [-0.39, 0.29) is 12.2 Å². The van der Waals surface area contributed by atoms with Gasteiger partial charge in [0.15, 0.2) is 0 Å². The minimum atomic E-state index is 0.101.